The Hall–Kier alpha value is -6.78. The number of hydrogen-bond acceptors (Lipinski definition) is 3. The summed E-state index contributed by atoms with van der Waals surface area (Å²) in [6.07, 6.45) is 9.20. The largest absolute Gasteiger partial charge is 0.334 e. The van der Waals surface area contributed by atoms with Gasteiger partial charge in [0.05, 0.1) is 5.54 Å². The molecule has 3 aliphatic carbocycles. The summed E-state index contributed by atoms with van der Waals surface area (Å²) < 4.78 is 0. The van der Waals surface area contributed by atoms with Gasteiger partial charge in [-0.05, 0) is 188 Å². The van der Waals surface area contributed by atoms with Gasteiger partial charge in [0.2, 0.25) is 0 Å². The van der Waals surface area contributed by atoms with E-state index in [9.17, 15) is 0 Å². The number of fused-ring (bicyclic) bond motifs is 9. The van der Waals surface area contributed by atoms with Gasteiger partial charge in [-0.15, -0.1) is 0 Å². The van der Waals surface area contributed by atoms with Crippen LogP contribution in [0.5, 0.6) is 0 Å². The van der Waals surface area contributed by atoms with E-state index in [1.165, 1.54) is 137 Å². The SMILES string of the molecule is CC1(C)Cc2ccc(N3c4cc5c(cc4B4c6cc(-c7ccccc7)ccc6N(c6ccc(-c7ccccc7)cc6)c6cc(N7c8ccc(C(C)(C)C)cc8C8(C)CCCCC78C)cc3c64)CC(C)(C)C5)cc2C1. The van der Waals surface area contributed by atoms with E-state index >= 15 is 0 Å². The highest BCUT2D eigenvalue weighted by atomic mass is 15.3. The van der Waals surface area contributed by atoms with Gasteiger partial charge in [-0.1, -0.05) is 177 Å². The summed E-state index contributed by atoms with van der Waals surface area (Å²) in [5, 5.41) is 0. The van der Waals surface area contributed by atoms with Crippen LogP contribution in [0.25, 0.3) is 22.3 Å². The molecule has 8 aromatic rings. The van der Waals surface area contributed by atoms with Crippen LogP contribution in [0.1, 0.15) is 121 Å². The minimum absolute atomic E-state index is 0.0110. The summed E-state index contributed by atoms with van der Waals surface area (Å²) >= 11 is 0. The Labute approximate surface area is 441 Å². The van der Waals surface area contributed by atoms with Crippen LogP contribution in [0.15, 0.2) is 164 Å². The Kier molecular flexibility index (Phi) is 9.83. The third-order valence-electron chi connectivity index (χ3n) is 19.1. The van der Waals surface area contributed by atoms with Crippen LogP contribution < -0.4 is 31.1 Å². The molecule has 0 radical (unpaired) electrons. The molecule has 1 saturated carbocycles. The molecule has 2 unspecified atom stereocenters. The van der Waals surface area contributed by atoms with Crippen LogP contribution in [0.4, 0.5) is 45.5 Å². The van der Waals surface area contributed by atoms with E-state index < -0.39 is 0 Å². The van der Waals surface area contributed by atoms with Crippen molar-refractivity contribution >= 4 is 68.6 Å². The Morgan fingerprint density at radius 2 is 0.959 bits per heavy atom. The first-order chi connectivity index (χ1) is 35.5. The minimum atomic E-state index is -0.132. The Balaban J connectivity index is 1.09. The van der Waals surface area contributed by atoms with E-state index in [2.05, 4.69) is 241 Å². The highest BCUT2D eigenvalue weighted by molar-refractivity contribution is 7.00. The molecule has 368 valence electrons. The maximum atomic E-state index is 2.84. The van der Waals surface area contributed by atoms with E-state index in [0.29, 0.717) is 0 Å². The maximum Gasteiger partial charge on any atom is 0.252 e. The Morgan fingerprint density at radius 1 is 0.419 bits per heavy atom. The number of nitrogens with zero attached hydrogens (tertiary/aromatic N) is 3. The highest BCUT2D eigenvalue weighted by Gasteiger charge is 2.58. The van der Waals surface area contributed by atoms with Crippen molar-refractivity contribution in [3.05, 3.63) is 197 Å². The van der Waals surface area contributed by atoms with Crippen molar-refractivity contribution in [1.82, 2.24) is 0 Å². The highest BCUT2D eigenvalue weighted by Crippen LogP contribution is 2.62. The van der Waals surface area contributed by atoms with E-state index in [1.54, 1.807) is 0 Å². The van der Waals surface area contributed by atoms with Crippen LogP contribution in [0, 0.1) is 10.8 Å². The van der Waals surface area contributed by atoms with E-state index in [-0.39, 0.29) is 33.9 Å². The third kappa shape index (κ3) is 6.85. The van der Waals surface area contributed by atoms with Gasteiger partial charge < -0.3 is 14.7 Å². The molecule has 74 heavy (non-hydrogen) atoms. The van der Waals surface area contributed by atoms with Gasteiger partial charge in [0.25, 0.3) is 6.71 Å². The van der Waals surface area contributed by atoms with Gasteiger partial charge in [0.15, 0.2) is 0 Å². The first-order valence-electron chi connectivity index (χ1n) is 27.8. The summed E-state index contributed by atoms with van der Waals surface area (Å²) in [6, 6.07) is 64.3. The van der Waals surface area contributed by atoms with Crippen molar-refractivity contribution in [2.45, 2.75) is 130 Å². The molecule has 1 fully saturated rings. The molecule has 0 spiro atoms. The first-order valence-corrected chi connectivity index (χ1v) is 27.8. The maximum absolute atomic E-state index is 2.84. The molecular weight excluding hydrogens is 894 g/mol. The van der Waals surface area contributed by atoms with Crippen molar-refractivity contribution < 1.29 is 0 Å². The normalized spacial score (nSPS) is 21.4. The predicted octanol–water partition coefficient (Wildman–Crippen LogP) is 16.4. The zero-order valence-corrected chi connectivity index (χ0v) is 45.2. The minimum Gasteiger partial charge on any atom is -0.334 e. The van der Waals surface area contributed by atoms with Gasteiger partial charge in [-0.3, -0.25) is 0 Å². The Bertz CT molecular complexity index is 3600. The summed E-state index contributed by atoms with van der Waals surface area (Å²) in [6.45, 7) is 22.2. The molecule has 0 amide bonds. The molecule has 0 bridgehead atoms. The van der Waals surface area contributed by atoms with Crippen LogP contribution in [-0.4, -0.2) is 12.3 Å². The molecule has 3 nitrogen and oxygen atoms in total. The number of hydrogen-bond donors (Lipinski definition) is 0. The summed E-state index contributed by atoms with van der Waals surface area (Å²) in [5.41, 5.74) is 28.7. The van der Waals surface area contributed by atoms with Gasteiger partial charge in [-0.2, -0.15) is 0 Å². The van der Waals surface area contributed by atoms with Crippen LogP contribution in [0.3, 0.4) is 0 Å². The lowest BCUT2D eigenvalue weighted by Crippen LogP contribution is -2.61. The van der Waals surface area contributed by atoms with Crippen molar-refractivity contribution in [3.8, 4) is 22.3 Å². The smallest absolute Gasteiger partial charge is 0.252 e. The average molecular weight is 964 g/mol. The standard InChI is InChI=1S/C70H70BN3/c1-66(2,3)53-26-31-60-57(38-53)69(8)32-16-17-33-70(69,9)74(60)56-39-63-65-64(40-56)73(55-29-24-49-41-67(4,5)42-50(49)34-55)62-37-52-44-68(6,7)43-51(52)36-59(62)71(65)58-35-48(46-20-14-11-15-21-46)25-30-61(58)72(63)54-27-22-47(23-28-54)45-18-12-10-13-19-45/h10-15,18-31,34-40H,16-17,32-33,41-44H2,1-9H3. The molecule has 4 heteroatoms. The van der Waals surface area contributed by atoms with Gasteiger partial charge >= 0.3 is 0 Å². The van der Waals surface area contributed by atoms with Crippen LogP contribution >= 0.6 is 0 Å². The molecule has 0 N–H and O–H groups in total. The molecule has 0 aromatic heterocycles. The summed E-state index contributed by atoms with van der Waals surface area (Å²) in [7, 11) is 0. The fourth-order valence-corrected chi connectivity index (χ4v) is 15.3. The van der Waals surface area contributed by atoms with Crippen LogP contribution in [-0.2, 0) is 36.5 Å². The zero-order chi connectivity index (χ0) is 50.7. The fourth-order valence-electron chi connectivity index (χ4n) is 15.3. The second-order valence-corrected chi connectivity index (χ2v) is 26.4. The average Bonchev–Trinajstić information content (AvgIpc) is 3.96. The number of rotatable bonds is 5. The lowest BCUT2D eigenvalue weighted by molar-refractivity contribution is 0.195. The van der Waals surface area contributed by atoms with Gasteiger partial charge in [0.1, 0.15) is 0 Å². The van der Waals surface area contributed by atoms with Crippen molar-refractivity contribution in [1.29, 1.82) is 0 Å². The monoisotopic (exact) mass is 964 g/mol. The molecule has 6 aliphatic rings. The second kappa shape index (κ2) is 15.9. The first kappa shape index (κ1) is 45.8. The third-order valence-corrected chi connectivity index (χ3v) is 19.1. The van der Waals surface area contributed by atoms with Crippen LogP contribution in [0.2, 0.25) is 0 Å². The summed E-state index contributed by atoms with van der Waals surface area (Å²) in [4.78, 5) is 8.22. The van der Waals surface area contributed by atoms with Gasteiger partial charge in [0, 0.05) is 50.9 Å². The number of anilines is 8. The molecule has 0 saturated heterocycles. The molecule has 3 heterocycles. The molecule has 14 rings (SSSR count). The summed E-state index contributed by atoms with van der Waals surface area (Å²) in [5.74, 6) is 0. The molecular formula is C70H70BN3. The van der Waals surface area contributed by atoms with Gasteiger partial charge in [-0.25, -0.2) is 0 Å². The fraction of sp³-hybridized carbons (Fsp3) is 0.314. The van der Waals surface area contributed by atoms with Crippen molar-refractivity contribution in [3.63, 3.8) is 0 Å². The predicted molar refractivity (Wildman–Crippen MR) is 315 cm³/mol. The quantitative estimate of drug-likeness (QED) is 0.159. The second-order valence-electron chi connectivity index (χ2n) is 26.4. The van der Waals surface area contributed by atoms with Crippen molar-refractivity contribution in [2.24, 2.45) is 10.8 Å². The zero-order valence-electron chi connectivity index (χ0n) is 45.2. The number of benzene rings is 8. The molecule has 8 aromatic carbocycles. The topological polar surface area (TPSA) is 9.72 Å². The Morgan fingerprint density at radius 3 is 1.64 bits per heavy atom. The molecule has 3 aliphatic heterocycles. The lowest BCUT2D eigenvalue weighted by Gasteiger charge is -2.51. The molecule has 2 atom stereocenters. The van der Waals surface area contributed by atoms with E-state index in [1.807, 2.05) is 0 Å². The van der Waals surface area contributed by atoms with E-state index in [4.69, 9.17) is 0 Å². The van der Waals surface area contributed by atoms with Crippen molar-refractivity contribution in [2.75, 3.05) is 14.7 Å². The lowest BCUT2D eigenvalue weighted by atomic mass is 9.33. The van der Waals surface area contributed by atoms with E-state index in [0.717, 1.165) is 32.1 Å².